The van der Waals surface area contributed by atoms with Crippen LogP contribution in [0.15, 0.2) is 45.3 Å². The molecule has 2 fully saturated rings. The standard InChI is InChI=1S/C22H27N5O3S2/c1-15-12-20(21-14-31-22(25-24-21)23-17-6-7-17)16(2)27(15)18-4-3-5-19(13-18)32(28,29)26-8-10-30-11-9-26/h3-5,12-13,17H,6-11,14H2,1-2H3,(H,23,25). The first-order valence-corrected chi connectivity index (χ1v) is 13.3. The highest BCUT2D eigenvalue weighted by atomic mass is 32.2. The van der Waals surface area contributed by atoms with Crippen LogP contribution in [0.4, 0.5) is 0 Å². The van der Waals surface area contributed by atoms with Gasteiger partial charge in [-0.15, -0.1) is 0 Å². The summed E-state index contributed by atoms with van der Waals surface area (Å²) in [5.74, 6) is 0.758. The Balaban J connectivity index is 1.44. The van der Waals surface area contributed by atoms with Gasteiger partial charge in [-0.2, -0.15) is 9.41 Å². The minimum atomic E-state index is -3.55. The molecule has 1 aliphatic carbocycles. The van der Waals surface area contributed by atoms with Crippen molar-refractivity contribution >= 4 is 32.7 Å². The third-order valence-electron chi connectivity index (χ3n) is 5.90. The Labute approximate surface area is 192 Å². The molecule has 8 nitrogen and oxygen atoms in total. The monoisotopic (exact) mass is 473 g/mol. The molecule has 3 aliphatic rings. The van der Waals surface area contributed by atoms with Crippen LogP contribution in [0.1, 0.15) is 29.8 Å². The molecule has 0 spiro atoms. The number of sulfonamides is 1. The van der Waals surface area contributed by atoms with Gasteiger partial charge in [0, 0.05) is 41.5 Å². The molecule has 0 unspecified atom stereocenters. The van der Waals surface area contributed by atoms with Gasteiger partial charge in [0.2, 0.25) is 10.0 Å². The Hall–Kier alpha value is -2.14. The number of hydrazone groups is 1. The van der Waals surface area contributed by atoms with Crippen molar-refractivity contribution in [3.05, 3.63) is 47.3 Å². The number of benzene rings is 1. The number of hydrogen-bond donors (Lipinski definition) is 1. The summed E-state index contributed by atoms with van der Waals surface area (Å²) in [7, 11) is -3.55. The molecule has 0 radical (unpaired) electrons. The lowest BCUT2D eigenvalue weighted by Crippen LogP contribution is -2.40. The second kappa shape index (κ2) is 8.66. The summed E-state index contributed by atoms with van der Waals surface area (Å²) in [4.78, 5) is 4.93. The first-order chi connectivity index (χ1) is 15.4. The van der Waals surface area contributed by atoms with Crippen molar-refractivity contribution in [2.24, 2.45) is 10.1 Å². The van der Waals surface area contributed by atoms with Gasteiger partial charge in [-0.05, 0) is 51.0 Å². The maximum Gasteiger partial charge on any atom is 0.243 e. The van der Waals surface area contributed by atoms with Crippen molar-refractivity contribution in [2.75, 3.05) is 32.1 Å². The highest BCUT2D eigenvalue weighted by molar-refractivity contribution is 8.14. The zero-order valence-corrected chi connectivity index (χ0v) is 19.9. The van der Waals surface area contributed by atoms with Gasteiger partial charge in [-0.1, -0.05) is 17.8 Å². The molecule has 32 heavy (non-hydrogen) atoms. The van der Waals surface area contributed by atoms with Gasteiger partial charge in [0.25, 0.3) is 0 Å². The Morgan fingerprint density at radius 3 is 2.66 bits per heavy atom. The number of aryl methyl sites for hydroxylation is 1. The van der Waals surface area contributed by atoms with Crippen molar-refractivity contribution in [1.82, 2.24) is 14.3 Å². The van der Waals surface area contributed by atoms with E-state index in [4.69, 9.17) is 4.74 Å². The third kappa shape index (κ3) is 4.24. The minimum Gasteiger partial charge on any atom is -0.379 e. The average molecular weight is 474 g/mol. The van der Waals surface area contributed by atoms with Crippen molar-refractivity contribution in [3.8, 4) is 5.69 Å². The van der Waals surface area contributed by atoms with Crippen molar-refractivity contribution in [2.45, 2.75) is 37.6 Å². The molecule has 0 atom stereocenters. The predicted octanol–water partition coefficient (Wildman–Crippen LogP) is 2.67. The average Bonchev–Trinajstić information content (AvgIpc) is 3.57. The molecule has 1 saturated carbocycles. The van der Waals surface area contributed by atoms with E-state index in [1.54, 1.807) is 30.0 Å². The van der Waals surface area contributed by atoms with E-state index in [0.717, 1.165) is 39.3 Å². The fourth-order valence-electron chi connectivity index (χ4n) is 4.06. The molecule has 1 saturated heterocycles. The minimum absolute atomic E-state index is 0.305. The van der Waals surface area contributed by atoms with Gasteiger partial charge < -0.3 is 9.30 Å². The molecule has 0 bridgehead atoms. The number of thioether (sulfide) groups is 1. The first-order valence-electron chi connectivity index (χ1n) is 10.8. The summed E-state index contributed by atoms with van der Waals surface area (Å²) in [6.45, 7) is 5.71. The summed E-state index contributed by atoms with van der Waals surface area (Å²) in [6, 6.07) is 9.74. The van der Waals surface area contributed by atoms with E-state index < -0.39 is 10.0 Å². The Morgan fingerprint density at radius 1 is 1.19 bits per heavy atom. The number of nitrogens with zero attached hydrogens (tertiary/aromatic N) is 4. The third-order valence-corrected chi connectivity index (χ3v) is 8.69. The Morgan fingerprint density at radius 2 is 1.97 bits per heavy atom. The quantitative estimate of drug-likeness (QED) is 0.721. The highest BCUT2D eigenvalue weighted by Gasteiger charge is 2.27. The van der Waals surface area contributed by atoms with Crippen molar-refractivity contribution in [1.29, 1.82) is 0 Å². The largest absolute Gasteiger partial charge is 0.379 e. The van der Waals surface area contributed by atoms with Gasteiger partial charge in [-0.25, -0.2) is 8.42 Å². The first kappa shape index (κ1) is 21.7. The van der Waals surface area contributed by atoms with Gasteiger partial charge in [0.1, 0.15) is 0 Å². The number of rotatable bonds is 5. The van der Waals surface area contributed by atoms with Crippen LogP contribution in [0.3, 0.4) is 0 Å². The van der Waals surface area contributed by atoms with Crippen LogP contribution in [0.2, 0.25) is 0 Å². The molecule has 0 amide bonds. The summed E-state index contributed by atoms with van der Waals surface area (Å²) in [5.41, 5.74) is 8.03. The fourth-order valence-corrected chi connectivity index (χ4v) is 6.34. The number of aliphatic imine (C=N–C) groups is 1. The second-order valence-electron chi connectivity index (χ2n) is 8.26. The van der Waals surface area contributed by atoms with E-state index in [0.29, 0.717) is 37.2 Å². The Bertz CT molecular complexity index is 1190. The van der Waals surface area contributed by atoms with E-state index in [1.807, 2.05) is 19.9 Å². The second-order valence-corrected chi connectivity index (χ2v) is 11.2. The number of nitrogens with one attached hydrogen (secondary N) is 1. The lowest BCUT2D eigenvalue weighted by molar-refractivity contribution is 0.0730. The smallest absolute Gasteiger partial charge is 0.243 e. The van der Waals surface area contributed by atoms with Crippen LogP contribution in [0, 0.1) is 13.8 Å². The van der Waals surface area contributed by atoms with Crippen LogP contribution in [0.25, 0.3) is 5.69 Å². The highest BCUT2D eigenvalue weighted by Crippen LogP contribution is 2.28. The fraction of sp³-hybridized carbons (Fsp3) is 0.455. The lowest BCUT2D eigenvalue weighted by atomic mass is 10.1. The van der Waals surface area contributed by atoms with Crippen LogP contribution < -0.4 is 5.43 Å². The number of ether oxygens (including phenoxy) is 1. The maximum absolute atomic E-state index is 13.1. The summed E-state index contributed by atoms with van der Waals surface area (Å²) in [6.07, 6.45) is 2.34. The molecule has 5 rings (SSSR count). The molecule has 2 aliphatic heterocycles. The number of hydrogen-bond acceptors (Lipinski definition) is 6. The molecule has 1 N–H and O–H groups in total. The van der Waals surface area contributed by atoms with E-state index >= 15 is 0 Å². The van der Waals surface area contributed by atoms with Crippen LogP contribution in [0.5, 0.6) is 0 Å². The number of aromatic nitrogens is 1. The molecule has 2 aromatic rings. The predicted molar refractivity (Wildman–Crippen MR) is 127 cm³/mol. The molecular formula is C22H27N5O3S2. The van der Waals surface area contributed by atoms with E-state index in [-0.39, 0.29) is 0 Å². The van der Waals surface area contributed by atoms with Crippen LogP contribution >= 0.6 is 11.8 Å². The zero-order chi connectivity index (χ0) is 22.3. The van der Waals surface area contributed by atoms with Crippen LogP contribution in [-0.4, -0.2) is 66.3 Å². The number of amidine groups is 1. The molecule has 1 aromatic heterocycles. The van der Waals surface area contributed by atoms with E-state index in [9.17, 15) is 8.42 Å². The van der Waals surface area contributed by atoms with Gasteiger partial charge in [0.15, 0.2) is 5.17 Å². The molecule has 170 valence electrons. The van der Waals surface area contributed by atoms with Crippen LogP contribution in [-0.2, 0) is 14.8 Å². The molecule has 3 heterocycles. The Kier molecular flexibility index (Phi) is 5.87. The summed E-state index contributed by atoms with van der Waals surface area (Å²) >= 11 is 1.68. The van der Waals surface area contributed by atoms with Gasteiger partial charge in [-0.3, -0.25) is 10.4 Å². The summed E-state index contributed by atoms with van der Waals surface area (Å²) < 4.78 is 35.1. The summed E-state index contributed by atoms with van der Waals surface area (Å²) in [5, 5.41) is 5.47. The van der Waals surface area contributed by atoms with Gasteiger partial charge in [0.05, 0.1) is 29.9 Å². The SMILES string of the molecule is Cc1cc(C2=NNC(=NC3CC3)SC2)c(C)n1-c1cccc(S(=O)(=O)N2CCOCC2)c1. The maximum atomic E-state index is 13.1. The zero-order valence-electron chi connectivity index (χ0n) is 18.2. The normalized spacial score (nSPS) is 21.4. The topological polar surface area (TPSA) is 88.3 Å². The lowest BCUT2D eigenvalue weighted by Gasteiger charge is -2.26. The molecule has 10 heteroatoms. The number of morpholine rings is 1. The molecular weight excluding hydrogens is 446 g/mol. The van der Waals surface area contributed by atoms with E-state index in [2.05, 4.69) is 26.2 Å². The molecule has 1 aromatic carbocycles. The van der Waals surface area contributed by atoms with E-state index in [1.165, 1.54) is 17.1 Å². The van der Waals surface area contributed by atoms with Crippen molar-refractivity contribution < 1.29 is 13.2 Å². The van der Waals surface area contributed by atoms with Gasteiger partial charge >= 0.3 is 0 Å². The van der Waals surface area contributed by atoms with Crippen molar-refractivity contribution in [3.63, 3.8) is 0 Å².